The molecule has 6 heteroatoms. The minimum absolute atomic E-state index is 0.811. The highest BCUT2D eigenvalue weighted by atomic mass is 15.2. The predicted molar refractivity (Wildman–Crippen MR) is 121 cm³/mol. The molecule has 0 atom stereocenters. The van der Waals surface area contributed by atoms with Gasteiger partial charge in [-0.25, -0.2) is 4.98 Å². The molecule has 2 aromatic heterocycles. The van der Waals surface area contributed by atoms with E-state index in [1.54, 1.807) is 0 Å². The second-order valence-corrected chi connectivity index (χ2v) is 8.51. The van der Waals surface area contributed by atoms with E-state index in [9.17, 15) is 0 Å². The highest BCUT2D eigenvalue weighted by Gasteiger charge is 2.14. The van der Waals surface area contributed by atoms with E-state index in [1.165, 1.54) is 11.1 Å². The van der Waals surface area contributed by atoms with Gasteiger partial charge in [-0.1, -0.05) is 30.3 Å². The molecule has 0 amide bonds. The first-order valence-electron chi connectivity index (χ1n) is 10.7. The molecule has 4 rings (SSSR count). The van der Waals surface area contributed by atoms with Gasteiger partial charge in [0.05, 0.1) is 12.2 Å². The van der Waals surface area contributed by atoms with Crippen LogP contribution in [0, 0.1) is 6.92 Å². The second kappa shape index (κ2) is 9.51. The standard InChI is InChI=1S/C24H32N6/c1-19-14-26-24(27-19)18-29(3)16-20-4-7-22(8-5-20)23-9-6-21(15-25-23)17-30-12-10-28(2)11-13-30/h4-9,14-15H,10-13,16-18H2,1-3H3,(H,26,27). The second-order valence-electron chi connectivity index (χ2n) is 8.51. The van der Waals surface area contributed by atoms with Gasteiger partial charge in [-0.3, -0.25) is 14.8 Å². The smallest absolute Gasteiger partial charge is 0.120 e. The van der Waals surface area contributed by atoms with Crippen LogP contribution in [0.25, 0.3) is 11.3 Å². The monoisotopic (exact) mass is 404 g/mol. The van der Waals surface area contributed by atoms with E-state index in [0.29, 0.717) is 0 Å². The summed E-state index contributed by atoms with van der Waals surface area (Å²) < 4.78 is 0. The van der Waals surface area contributed by atoms with E-state index in [-0.39, 0.29) is 0 Å². The first-order valence-corrected chi connectivity index (χ1v) is 10.7. The number of piperazine rings is 1. The van der Waals surface area contributed by atoms with Crippen LogP contribution < -0.4 is 0 Å². The molecular formula is C24H32N6. The number of hydrogen-bond acceptors (Lipinski definition) is 5. The zero-order chi connectivity index (χ0) is 20.9. The fourth-order valence-electron chi connectivity index (χ4n) is 3.90. The Kier molecular flexibility index (Phi) is 6.57. The van der Waals surface area contributed by atoms with Crippen LogP contribution in [-0.4, -0.2) is 69.9 Å². The van der Waals surface area contributed by atoms with Crippen LogP contribution in [0.1, 0.15) is 22.6 Å². The van der Waals surface area contributed by atoms with Crippen LogP contribution in [-0.2, 0) is 19.6 Å². The van der Waals surface area contributed by atoms with Crippen molar-refractivity contribution in [2.24, 2.45) is 0 Å². The van der Waals surface area contributed by atoms with Crippen LogP contribution in [0.4, 0.5) is 0 Å². The number of H-pyrrole nitrogens is 1. The van der Waals surface area contributed by atoms with Crippen molar-refractivity contribution in [3.63, 3.8) is 0 Å². The summed E-state index contributed by atoms with van der Waals surface area (Å²) in [6.07, 6.45) is 3.90. The average molecular weight is 405 g/mol. The molecule has 0 radical (unpaired) electrons. The fraction of sp³-hybridized carbons (Fsp3) is 0.417. The zero-order valence-corrected chi connectivity index (χ0v) is 18.3. The van der Waals surface area contributed by atoms with Gasteiger partial charge in [-0.15, -0.1) is 0 Å². The van der Waals surface area contributed by atoms with Gasteiger partial charge in [0, 0.05) is 62.9 Å². The molecule has 1 aromatic carbocycles. The summed E-state index contributed by atoms with van der Waals surface area (Å²) in [6, 6.07) is 13.1. The van der Waals surface area contributed by atoms with E-state index in [2.05, 4.69) is 75.2 Å². The van der Waals surface area contributed by atoms with Crippen LogP contribution in [0.3, 0.4) is 0 Å². The van der Waals surface area contributed by atoms with Gasteiger partial charge in [0.25, 0.3) is 0 Å². The SMILES string of the molecule is Cc1cnc(CN(C)Cc2ccc(-c3ccc(CN4CCN(C)CC4)cn3)cc2)[nH]1. The lowest BCUT2D eigenvalue weighted by atomic mass is 10.1. The number of aromatic amines is 1. The lowest BCUT2D eigenvalue weighted by Crippen LogP contribution is -2.43. The summed E-state index contributed by atoms with van der Waals surface area (Å²) >= 11 is 0. The normalized spacial score (nSPS) is 15.7. The predicted octanol–water partition coefficient (Wildman–Crippen LogP) is 3.16. The Morgan fingerprint density at radius 2 is 1.63 bits per heavy atom. The molecular weight excluding hydrogens is 372 g/mol. The highest BCUT2D eigenvalue weighted by Crippen LogP contribution is 2.19. The molecule has 1 N–H and O–H groups in total. The van der Waals surface area contributed by atoms with Gasteiger partial charge >= 0.3 is 0 Å². The van der Waals surface area contributed by atoms with Crippen molar-refractivity contribution in [2.75, 3.05) is 40.3 Å². The van der Waals surface area contributed by atoms with E-state index < -0.39 is 0 Å². The summed E-state index contributed by atoms with van der Waals surface area (Å²) in [5.41, 5.74) is 5.87. The maximum absolute atomic E-state index is 4.72. The number of rotatable bonds is 7. The molecule has 0 unspecified atom stereocenters. The molecule has 0 bridgehead atoms. The molecule has 1 aliphatic rings. The van der Waals surface area contributed by atoms with Crippen molar-refractivity contribution in [1.29, 1.82) is 0 Å². The molecule has 1 fully saturated rings. The third-order valence-corrected chi connectivity index (χ3v) is 5.70. The van der Waals surface area contributed by atoms with Crippen molar-refractivity contribution in [3.05, 3.63) is 71.4 Å². The summed E-state index contributed by atoms with van der Waals surface area (Å²) in [7, 11) is 4.31. The first-order chi connectivity index (χ1) is 14.5. The Bertz CT molecular complexity index is 923. The largest absolute Gasteiger partial charge is 0.345 e. The highest BCUT2D eigenvalue weighted by molar-refractivity contribution is 5.59. The van der Waals surface area contributed by atoms with Crippen molar-refractivity contribution in [2.45, 2.75) is 26.6 Å². The Labute approximate surface area is 179 Å². The molecule has 0 saturated carbocycles. The Hall–Kier alpha value is -2.54. The molecule has 158 valence electrons. The molecule has 0 aliphatic carbocycles. The van der Waals surface area contributed by atoms with Crippen molar-refractivity contribution in [3.8, 4) is 11.3 Å². The third-order valence-electron chi connectivity index (χ3n) is 5.70. The van der Waals surface area contributed by atoms with E-state index >= 15 is 0 Å². The summed E-state index contributed by atoms with van der Waals surface area (Å²) in [5.74, 6) is 1.01. The van der Waals surface area contributed by atoms with Gasteiger partial charge < -0.3 is 9.88 Å². The van der Waals surface area contributed by atoms with Gasteiger partial charge in [0.1, 0.15) is 5.82 Å². The van der Waals surface area contributed by atoms with Crippen LogP contribution in [0.2, 0.25) is 0 Å². The number of aryl methyl sites for hydroxylation is 1. The number of pyridine rings is 1. The number of imidazole rings is 1. The molecule has 3 aromatic rings. The molecule has 30 heavy (non-hydrogen) atoms. The Morgan fingerprint density at radius 1 is 0.900 bits per heavy atom. The summed E-state index contributed by atoms with van der Waals surface area (Å²) in [5, 5.41) is 0. The Morgan fingerprint density at radius 3 is 2.27 bits per heavy atom. The number of nitrogens with one attached hydrogen (secondary N) is 1. The van der Waals surface area contributed by atoms with Crippen LogP contribution >= 0.6 is 0 Å². The number of aromatic nitrogens is 3. The minimum Gasteiger partial charge on any atom is -0.345 e. The van der Waals surface area contributed by atoms with Gasteiger partial charge in [-0.05, 0) is 38.2 Å². The molecule has 6 nitrogen and oxygen atoms in total. The lowest BCUT2D eigenvalue weighted by molar-refractivity contribution is 0.148. The lowest BCUT2D eigenvalue weighted by Gasteiger charge is -2.32. The molecule has 1 aliphatic heterocycles. The number of likely N-dealkylation sites (N-methyl/N-ethyl adjacent to an activating group) is 1. The van der Waals surface area contributed by atoms with Gasteiger partial charge in [-0.2, -0.15) is 0 Å². The van der Waals surface area contributed by atoms with Crippen molar-refractivity contribution in [1.82, 2.24) is 29.7 Å². The average Bonchev–Trinajstić information content (AvgIpc) is 3.15. The zero-order valence-electron chi connectivity index (χ0n) is 18.3. The number of nitrogens with zero attached hydrogens (tertiary/aromatic N) is 5. The fourth-order valence-corrected chi connectivity index (χ4v) is 3.90. The maximum Gasteiger partial charge on any atom is 0.120 e. The van der Waals surface area contributed by atoms with E-state index in [1.807, 2.05) is 19.3 Å². The summed E-state index contributed by atoms with van der Waals surface area (Å²) in [6.45, 7) is 9.27. The number of benzene rings is 1. The van der Waals surface area contributed by atoms with Gasteiger partial charge in [0.15, 0.2) is 0 Å². The maximum atomic E-state index is 4.72. The quantitative estimate of drug-likeness (QED) is 0.656. The van der Waals surface area contributed by atoms with Crippen molar-refractivity contribution < 1.29 is 0 Å². The van der Waals surface area contributed by atoms with Crippen molar-refractivity contribution >= 4 is 0 Å². The van der Waals surface area contributed by atoms with E-state index in [0.717, 1.165) is 68.6 Å². The van der Waals surface area contributed by atoms with E-state index in [4.69, 9.17) is 4.98 Å². The van der Waals surface area contributed by atoms with Crippen LogP contribution in [0.5, 0.6) is 0 Å². The van der Waals surface area contributed by atoms with Gasteiger partial charge in [0.2, 0.25) is 0 Å². The topological polar surface area (TPSA) is 51.3 Å². The molecule has 1 saturated heterocycles. The minimum atomic E-state index is 0.811. The first kappa shape index (κ1) is 20.7. The van der Waals surface area contributed by atoms with Crippen LogP contribution in [0.15, 0.2) is 48.8 Å². The summed E-state index contributed by atoms with van der Waals surface area (Å²) in [4.78, 5) is 19.5. The molecule has 0 spiro atoms. The Balaban J connectivity index is 1.32. The molecule has 3 heterocycles. The third kappa shape index (κ3) is 5.53. The number of hydrogen-bond donors (Lipinski definition) is 1.